The summed E-state index contributed by atoms with van der Waals surface area (Å²) < 4.78 is 26.7. The van der Waals surface area contributed by atoms with E-state index in [0.29, 0.717) is 11.1 Å². The fourth-order valence-electron chi connectivity index (χ4n) is 1.95. The Morgan fingerprint density at radius 2 is 1.82 bits per heavy atom. The van der Waals surface area contributed by atoms with Gasteiger partial charge in [0.05, 0.1) is 12.2 Å². The van der Waals surface area contributed by atoms with Gasteiger partial charge in [0.2, 0.25) is 10.0 Å². The minimum absolute atomic E-state index is 0.162. The van der Waals surface area contributed by atoms with E-state index >= 15 is 0 Å². The average Bonchev–Trinajstić information content (AvgIpc) is 2.42. The maximum Gasteiger partial charge on any atom is 0.307 e. The van der Waals surface area contributed by atoms with Crippen LogP contribution in [0.2, 0.25) is 5.02 Å². The molecule has 0 spiro atoms. The number of sulfonamides is 1. The molecule has 5 nitrogen and oxygen atoms in total. The number of carboxylic acid groups (broad SMARTS) is 1. The molecule has 0 bridgehead atoms. The van der Waals surface area contributed by atoms with Crippen LogP contribution >= 0.6 is 11.6 Å². The van der Waals surface area contributed by atoms with E-state index in [4.69, 9.17) is 16.7 Å². The number of halogens is 1. The average molecular weight is 340 g/mol. The van der Waals surface area contributed by atoms with Gasteiger partial charge in [-0.1, -0.05) is 41.9 Å². The van der Waals surface area contributed by atoms with Crippen LogP contribution in [-0.4, -0.2) is 19.5 Å². The Morgan fingerprint density at radius 1 is 1.14 bits per heavy atom. The van der Waals surface area contributed by atoms with Crippen LogP contribution in [0.4, 0.5) is 5.69 Å². The number of hydrogen-bond donors (Lipinski definition) is 2. The smallest absolute Gasteiger partial charge is 0.307 e. The number of hydrogen-bond acceptors (Lipinski definition) is 3. The quantitative estimate of drug-likeness (QED) is 0.847. The van der Waals surface area contributed by atoms with Crippen molar-refractivity contribution in [2.24, 2.45) is 0 Å². The summed E-state index contributed by atoms with van der Waals surface area (Å²) in [5, 5.41) is 9.10. The predicted octanol–water partition coefficient (Wildman–Crippen LogP) is 2.91. The van der Waals surface area contributed by atoms with Gasteiger partial charge >= 0.3 is 5.97 Å². The lowest BCUT2D eigenvalue weighted by atomic mass is 10.1. The Bertz CT molecular complexity index is 775. The standard InChI is InChI=1S/C15H14ClNO4S/c16-14-7-6-13(8-12(14)9-15(18)19)17-22(20,21)10-11-4-2-1-3-5-11/h1-8,17H,9-10H2,(H,18,19). The number of aliphatic carboxylic acids is 1. The molecule has 0 fully saturated rings. The largest absolute Gasteiger partial charge is 0.481 e. The molecule has 0 aromatic heterocycles. The summed E-state index contributed by atoms with van der Waals surface area (Å²) in [6.45, 7) is 0. The van der Waals surface area contributed by atoms with Crippen LogP contribution in [0, 0.1) is 0 Å². The monoisotopic (exact) mass is 339 g/mol. The molecule has 0 unspecified atom stereocenters. The second kappa shape index (κ2) is 6.81. The topological polar surface area (TPSA) is 83.5 Å². The second-order valence-corrected chi connectivity index (χ2v) is 6.85. The van der Waals surface area contributed by atoms with Gasteiger partial charge in [-0.25, -0.2) is 8.42 Å². The van der Waals surface area contributed by atoms with E-state index in [9.17, 15) is 13.2 Å². The maximum atomic E-state index is 12.1. The first-order chi connectivity index (χ1) is 10.4. The molecule has 0 radical (unpaired) electrons. The summed E-state index contributed by atoms with van der Waals surface area (Å²) in [5.41, 5.74) is 1.31. The van der Waals surface area contributed by atoms with Crippen LogP contribution in [0.1, 0.15) is 11.1 Å². The molecule has 2 aromatic carbocycles. The van der Waals surface area contributed by atoms with E-state index in [1.807, 2.05) is 0 Å². The molecule has 2 N–H and O–H groups in total. The highest BCUT2D eigenvalue weighted by atomic mass is 35.5. The van der Waals surface area contributed by atoms with Crippen molar-refractivity contribution in [1.29, 1.82) is 0 Å². The van der Waals surface area contributed by atoms with E-state index in [2.05, 4.69) is 4.72 Å². The number of nitrogens with one attached hydrogen (secondary N) is 1. The minimum atomic E-state index is -3.59. The molecule has 7 heteroatoms. The third-order valence-corrected chi connectivity index (χ3v) is 4.49. The van der Waals surface area contributed by atoms with E-state index in [1.54, 1.807) is 30.3 Å². The fourth-order valence-corrected chi connectivity index (χ4v) is 3.32. The molecule has 0 saturated carbocycles. The highest BCUT2D eigenvalue weighted by molar-refractivity contribution is 7.91. The van der Waals surface area contributed by atoms with Crippen molar-refractivity contribution >= 4 is 33.3 Å². The maximum absolute atomic E-state index is 12.1. The summed E-state index contributed by atoms with van der Waals surface area (Å²) in [5.74, 6) is -1.20. The van der Waals surface area contributed by atoms with E-state index in [1.165, 1.54) is 18.2 Å². The van der Waals surface area contributed by atoms with Gasteiger partial charge in [0.25, 0.3) is 0 Å². The molecule has 0 aliphatic heterocycles. The lowest BCUT2D eigenvalue weighted by Crippen LogP contribution is -2.15. The lowest BCUT2D eigenvalue weighted by molar-refractivity contribution is -0.136. The second-order valence-electron chi connectivity index (χ2n) is 4.72. The molecule has 0 saturated heterocycles. The van der Waals surface area contributed by atoms with Crippen molar-refractivity contribution < 1.29 is 18.3 Å². The van der Waals surface area contributed by atoms with Gasteiger partial charge in [0.15, 0.2) is 0 Å². The third kappa shape index (κ3) is 4.75. The number of carboxylic acids is 1. The first-order valence-electron chi connectivity index (χ1n) is 6.40. The van der Waals surface area contributed by atoms with Gasteiger partial charge in [0, 0.05) is 10.7 Å². The van der Waals surface area contributed by atoms with Crippen LogP contribution in [0.5, 0.6) is 0 Å². The SMILES string of the molecule is O=C(O)Cc1cc(NS(=O)(=O)Cc2ccccc2)ccc1Cl. The molecule has 22 heavy (non-hydrogen) atoms. The van der Waals surface area contributed by atoms with Gasteiger partial charge in [-0.05, 0) is 29.3 Å². The molecule has 0 aliphatic carbocycles. The highest BCUT2D eigenvalue weighted by Gasteiger charge is 2.13. The predicted molar refractivity (Wildman–Crippen MR) is 85.5 cm³/mol. The summed E-state index contributed by atoms with van der Waals surface area (Å²) in [7, 11) is -3.59. The van der Waals surface area contributed by atoms with E-state index < -0.39 is 16.0 Å². The molecule has 0 amide bonds. The zero-order valence-corrected chi connectivity index (χ0v) is 13.1. The third-order valence-electron chi connectivity index (χ3n) is 2.86. The van der Waals surface area contributed by atoms with Gasteiger partial charge in [0.1, 0.15) is 0 Å². The zero-order chi connectivity index (χ0) is 16.2. The number of rotatable bonds is 6. The van der Waals surface area contributed by atoms with Crippen molar-refractivity contribution in [1.82, 2.24) is 0 Å². The molecule has 0 aliphatic rings. The van der Waals surface area contributed by atoms with Crippen molar-refractivity contribution in [3.63, 3.8) is 0 Å². The Morgan fingerprint density at radius 3 is 2.45 bits per heavy atom. The molecule has 116 valence electrons. The summed E-state index contributed by atoms with van der Waals surface area (Å²) >= 11 is 5.90. The van der Waals surface area contributed by atoms with Gasteiger partial charge in [-0.15, -0.1) is 0 Å². The van der Waals surface area contributed by atoms with Crippen LogP contribution in [0.25, 0.3) is 0 Å². The Labute approximate surface area is 133 Å². The van der Waals surface area contributed by atoms with Crippen LogP contribution in [0.3, 0.4) is 0 Å². The van der Waals surface area contributed by atoms with Crippen LogP contribution in [-0.2, 0) is 27.0 Å². The Kier molecular flexibility index (Phi) is 5.05. The van der Waals surface area contributed by atoms with Crippen molar-refractivity contribution in [3.8, 4) is 0 Å². The molecular formula is C15H14ClNO4S. The molecule has 0 heterocycles. The Balaban J connectivity index is 2.17. The van der Waals surface area contributed by atoms with Crippen molar-refractivity contribution in [2.45, 2.75) is 12.2 Å². The van der Waals surface area contributed by atoms with Crippen LogP contribution in [0.15, 0.2) is 48.5 Å². The lowest BCUT2D eigenvalue weighted by Gasteiger charge is -2.10. The normalized spacial score (nSPS) is 11.1. The minimum Gasteiger partial charge on any atom is -0.481 e. The molecular weight excluding hydrogens is 326 g/mol. The summed E-state index contributed by atoms with van der Waals surface area (Å²) in [4.78, 5) is 10.8. The van der Waals surface area contributed by atoms with Gasteiger partial charge in [-0.3, -0.25) is 9.52 Å². The number of carbonyl (C=O) groups is 1. The fraction of sp³-hybridized carbons (Fsp3) is 0.133. The van der Waals surface area contributed by atoms with Crippen LogP contribution < -0.4 is 4.72 Å². The number of anilines is 1. The van der Waals surface area contributed by atoms with Gasteiger partial charge in [-0.2, -0.15) is 0 Å². The molecule has 2 rings (SSSR count). The van der Waals surface area contributed by atoms with Gasteiger partial charge < -0.3 is 5.11 Å². The zero-order valence-electron chi connectivity index (χ0n) is 11.5. The summed E-state index contributed by atoms with van der Waals surface area (Å²) in [6, 6.07) is 13.2. The first-order valence-corrected chi connectivity index (χ1v) is 8.43. The van der Waals surface area contributed by atoms with Crippen molar-refractivity contribution in [2.75, 3.05) is 4.72 Å². The highest BCUT2D eigenvalue weighted by Crippen LogP contribution is 2.22. The van der Waals surface area contributed by atoms with E-state index in [-0.39, 0.29) is 22.9 Å². The molecule has 0 atom stereocenters. The number of benzene rings is 2. The molecule has 2 aromatic rings. The summed E-state index contributed by atoms with van der Waals surface area (Å²) in [6.07, 6.45) is -0.271. The first kappa shape index (κ1) is 16.3. The van der Waals surface area contributed by atoms with E-state index in [0.717, 1.165) is 0 Å². The van der Waals surface area contributed by atoms with Crippen molar-refractivity contribution in [3.05, 3.63) is 64.7 Å². The Hall–Kier alpha value is -2.05.